The Balaban J connectivity index is 2.29. The SMILES string of the molecule is N#CC(c1cc(Cl)cc(Cl)c1)N1CCCC1. The predicted molar refractivity (Wildman–Crippen MR) is 65.6 cm³/mol. The molecule has 16 heavy (non-hydrogen) atoms. The van der Waals surface area contributed by atoms with Crippen LogP contribution in [0.1, 0.15) is 24.4 Å². The lowest BCUT2D eigenvalue weighted by molar-refractivity contribution is 0.294. The van der Waals surface area contributed by atoms with E-state index in [-0.39, 0.29) is 6.04 Å². The predicted octanol–water partition coefficient (Wildman–Crippen LogP) is 3.65. The van der Waals surface area contributed by atoms with Crippen LogP contribution in [0, 0.1) is 11.3 Å². The summed E-state index contributed by atoms with van der Waals surface area (Å²) in [5, 5.41) is 10.4. The zero-order valence-corrected chi connectivity index (χ0v) is 10.3. The molecule has 84 valence electrons. The van der Waals surface area contributed by atoms with Crippen LogP contribution in [0.3, 0.4) is 0 Å². The fraction of sp³-hybridized carbons (Fsp3) is 0.417. The van der Waals surface area contributed by atoms with E-state index < -0.39 is 0 Å². The van der Waals surface area contributed by atoms with Gasteiger partial charge in [0.15, 0.2) is 0 Å². The minimum atomic E-state index is -0.223. The van der Waals surface area contributed by atoms with Gasteiger partial charge in [-0.25, -0.2) is 0 Å². The van der Waals surface area contributed by atoms with Gasteiger partial charge in [-0.15, -0.1) is 0 Å². The number of nitrogens with zero attached hydrogens (tertiary/aromatic N) is 2. The number of benzene rings is 1. The Morgan fingerprint density at radius 2 is 1.69 bits per heavy atom. The topological polar surface area (TPSA) is 27.0 Å². The van der Waals surface area contributed by atoms with Crippen LogP contribution < -0.4 is 0 Å². The molecule has 1 unspecified atom stereocenters. The van der Waals surface area contributed by atoms with Crippen LogP contribution in [0.25, 0.3) is 0 Å². The van der Waals surface area contributed by atoms with E-state index >= 15 is 0 Å². The van der Waals surface area contributed by atoms with Crippen molar-refractivity contribution in [1.29, 1.82) is 5.26 Å². The van der Waals surface area contributed by atoms with Gasteiger partial charge in [0.2, 0.25) is 0 Å². The van der Waals surface area contributed by atoms with Crippen molar-refractivity contribution >= 4 is 23.2 Å². The Bertz CT molecular complexity index is 399. The molecule has 0 aromatic heterocycles. The lowest BCUT2D eigenvalue weighted by Gasteiger charge is -2.21. The molecular formula is C12H12Cl2N2. The quantitative estimate of drug-likeness (QED) is 0.806. The van der Waals surface area contributed by atoms with Gasteiger partial charge in [-0.1, -0.05) is 23.2 Å². The van der Waals surface area contributed by atoms with Crippen molar-refractivity contribution in [2.45, 2.75) is 18.9 Å². The highest BCUT2D eigenvalue weighted by Crippen LogP contribution is 2.28. The molecule has 0 radical (unpaired) electrons. The van der Waals surface area contributed by atoms with Gasteiger partial charge in [0.05, 0.1) is 6.07 Å². The smallest absolute Gasteiger partial charge is 0.123 e. The Morgan fingerprint density at radius 3 is 2.19 bits per heavy atom. The normalized spacial score (nSPS) is 18.3. The van der Waals surface area contributed by atoms with Crippen LogP contribution in [-0.4, -0.2) is 18.0 Å². The number of likely N-dealkylation sites (tertiary alicyclic amines) is 1. The molecule has 0 saturated carbocycles. The average molecular weight is 255 g/mol. The summed E-state index contributed by atoms with van der Waals surface area (Å²) in [6.07, 6.45) is 2.32. The third-order valence-corrected chi connectivity index (χ3v) is 3.27. The summed E-state index contributed by atoms with van der Waals surface area (Å²) in [6.45, 7) is 1.95. The molecule has 1 atom stereocenters. The average Bonchev–Trinajstić information content (AvgIpc) is 2.70. The highest BCUT2D eigenvalue weighted by molar-refractivity contribution is 6.34. The van der Waals surface area contributed by atoms with Crippen molar-refractivity contribution in [2.75, 3.05) is 13.1 Å². The molecular weight excluding hydrogens is 243 g/mol. The van der Waals surface area contributed by atoms with Gasteiger partial charge in [0.25, 0.3) is 0 Å². The zero-order valence-electron chi connectivity index (χ0n) is 8.79. The van der Waals surface area contributed by atoms with Crippen molar-refractivity contribution in [3.05, 3.63) is 33.8 Å². The van der Waals surface area contributed by atoms with Gasteiger partial charge < -0.3 is 0 Å². The summed E-state index contributed by atoms with van der Waals surface area (Å²) in [6, 6.07) is 7.42. The van der Waals surface area contributed by atoms with E-state index in [2.05, 4.69) is 11.0 Å². The molecule has 0 N–H and O–H groups in total. The Morgan fingerprint density at radius 1 is 1.12 bits per heavy atom. The molecule has 1 aromatic carbocycles. The first-order chi connectivity index (χ1) is 7.70. The fourth-order valence-corrected chi connectivity index (χ4v) is 2.64. The molecule has 4 heteroatoms. The van der Waals surface area contributed by atoms with Crippen LogP contribution in [0.5, 0.6) is 0 Å². The van der Waals surface area contributed by atoms with Crippen LogP contribution in [-0.2, 0) is 0 Å². The van der Waals surface area contributed by atoms with Gasteiger partial charge in [0.1, 0.15) is 6.04 Å². The lowest BCUT2D eigenvalue weighted by atomic mass is 10.1. The molecule has 2 rings (SSSR count). The lowest BCUT2D eigenvalue weighted by Crippen LogP contribution is -2.24. The third kappa shape index (κ3) is 2.49. The molecule has 1 heterocycles. The van der Waals surface area contributed by atoms with Crippen LogP contribution in [0.4, 0.5) is 0 Å². The largest absolute Gasteiger partial charge is 0.284 e. The van der Waals surface area contributed by atoms with Gasteiger partial charge in [-0.05, 0) is 49.7 Å². The van der Waals surface area contributed by atoms with Crippen molar-refractivity contribution in [3.8, 4) is 6.07 Å². The second-order valence-electron chi connectivity index (χ2n) is 3.98. The molecule has 0 spiro atoms. The van der Waals surface area contributed by atoms with Crippen LogP contribution in [0.15, 0.2) is 18.2 Å². The third-order valence-electron chi connectivity index (χ3n) is 2.83. The number of hydrogen-bond acceptors (Lipinski definition) is 2. The van der Waals surface area contributed by atoms with E-state index in [1.807, 2.05) is 12.1 Å². The van der Waals surface area contributed by atoms with E-state index in [1.54, 1.807) is 6.07 Å². The molecule has 2 nitrogen and oxygen atoms in total. The fourth-order valence-electron chi connectivity index (χ4n) is 2.10. The summed E-state index contributed by atoms with van der Waals surface area (Å²) in [4.78, 5) is 2.17. The van der Waals surface area contributed by atoms with E-state index in [1.165, 1.54) is 0 Å². The molecule has 1 aliphatic heterocycles. The monoisotopic (exact) mass is 254 g/mol. The second kappa shape index (κ2) is 5.05. The highest BCUT2D eigenvalue weighted by Gasteiger charge is 2.23. The molecule has 1 saturated heterocycles. The number of rotatable bonds is 2. The number of nitriles is 1. The van der Waals surface area contributed by atoms with Crippen molar-refractivity contribution < 1.29 is 0 Å². The van der Waals surface area contributed by atoms with E-state index in [0.29, 0.717) is 10.0 Å². The van der Waals surface area contributed by atoms with E-state index in [0.717, 1.165) is 31.5 Å². The summed E-state index contributed by atoms with van der Waals surface area (Å²) in [5.74, 6) is 0. The van der Waals surface area contributed by atoms with Crippen molar-refractivity contribution in [2.24, 2.45) is 0 Å². The van der Waals surface area contributed by atoms with Crippen molar-refractivity contribution in [3.63, 3.8) is 0 Å². The minimum Gasteiger partial charge on any atom is -0.284 e. The maximum atomic E-state index is 9.24. The maximum absolute atomic E-state index is 9.24. The molecule has 0 aliphatic carbocycles. The summed E-state index contributed by atoms with van der Waals surface area (Å²) in [5.41, 5.74) is 0.891. The Hall–Kier alpha value is -0.750. The standard InChI is InChI=1S/C12H12Cl2N2/c13-10-5-9(6-11(14)7-10)12(8-15)16-3-1-2-4-16/h5-7,12H,1-4H2. The maximum Gasteiger partial charge on any atom is 0.123 e. The summed E-state index contributed by atoms with van der Waals surface area (Å²) in [7, 11) is 0. The van der Waals surface area contributed by atoms with Gasteiger partial charge >= 0.3 is 0 Å². The molecule has 1 aromatic rings. The van der Waals surface area contributed by atoms with Crippen LogP contribution >= 0.6 is 23.2 Å². The van der Waals surface area contributed by atoms with E-state index in [4.69, 9.17) is 23.2 Å². The molecule has 0 amide bonds. The van der Waals surface area contributed by atoms with Gasteiger partial charge in [-0.2, -0.15) is 5.26 Å². The van der Waals surface area contributed by atoms with Gasteiger partial charge in [0, 0.05) is 10.0 Å². The van der Waals surface area contributed by atoms with Gasteiger partial charge in [-0.3, -0.25) is 4.90 Å². The molecule has 0 bridgehead atoms. The second-order valence-corrected chi connectivity index (χ2v) is 4.85. The number of hydrogen-bond donors (Lipinski definition) is 0. The minimum absolute atomic E-state index is 0.223. The first-order valence-corrected chi connectivity index (χ1v) is 6.06. The van der Waals surface area contributed by atoms with Crippen LogP contribution in [0.2, 0.25) is 10.0 Å². The Labute approximate surface area is 105 Å². The first kappa shape index (κ1) is 11.7. The molecule has 1 aliphatic rings. The zero-order chi connectivity index (χ0) is 11.5. The molecule has 1 fully saturated rings. The van der Waals surface area contributed by atoms with Crippen molar-refractivity contribution in [1.82, 2.24) is 4.90 Å². The Kier molecular flexibility index (Phi) is 3.70. The summed E-state index contributed by atoms with van der Waals surface area (Å²) >= 11 is 11.9. The van der Waals surface area contributed by atoms with E-state index in [9.17, 15) is 5.26 Å². The first-order valence-electron chi connectivity index (χ1n) is 5.30. The highest BCUT2D eigenvalue weighted by atomic mass is 35.5. The summed E-state index contributed by atoms with van der Waals surface area (Å²) < 4.78 is 0. The number of halogens is 2.